The smallest absolute Gasteiger partial charge is 0.410 e. The summed E-state index contributed by atoms with van der Waals surface area (Å²) in [6, 6.07) is 8.45. The van der Waals surface area contributed by atoms with E-state index >= 15 is 0 Å². The number of carbonyl (C=O) groups is 12. The van der Waals surface area contributed by atoms with Crippen molar-refractivity contribution in [2.45, 2.75) is 181 Å². The maximum absolute atomic E-state index is 14.8. The van der Waals surface area contributed by atoms with Gasteiger partial charge in [0.1, 0.15) is 30.8 Å². The number of carbonyl (C=O) groups excluding carboxylic acids is 12. The number of methoxy groups -OCH3 is 2. The van der Waals surface area contributed by atoms with Crippen molar-refractivity contribution in [3.05, 3.63) is 91.0 Å². The Morgan fingerprint density at radius 1 is 0.716 bits per heavy atom. The summed E-state index contributed by atoms with van der Waals surface area (Å²) >= 11 is 1.13. The lowest BCUT2D eigenvalue weighted by atomic mass is 9.89. The minimum atomic E-state index is -1.16. The Balaban J connectivity index is 1.37. The molecule has 4 rings (SSSR count). The summed E-state index contributed by atoms with van der Waals surface area (Å²) < 4.78 is 17.8. The maximum atomic E-state index is 14.8. The van der Waals surface area contributed by atoms with Crippen molar-refractivity contribution in [2.24, 2.45) is 35.3 Å². The molecule has 2 aromatic rings. The number of nitrogens with zero attached hydrogens (tertiary/aromatic N) is 6. The highest BCUT2D eigenvalue weighted by molar-refractivity contribution is 7.99. The number of primary amides is 1. The molecule has 2 aliphatic heterocycles. The van der Waals surface area contributed by atoms with Crippen LogP contribution in [0.2, 0.25) is 0 Å². The van der Waals surface area contributed by atoms with Crippen LogP contribution in [0.15, 0.2) is 79.9 Å². The Morgan fingerprint density at radius 3 is 1.87 bits per heavy atom. The topological polar surface area (TPSA) is 370 Å². The fraction of sp³-hybridized carbons (Fsp3) is 0.611. The predicted octanol–water partition coefficient (Wildman–Crippen LogP) is 4.46. The number of nitrogens with two attached hydrogens (primary N) is 1. The number of nitrogens with one attached hydrogen (secondary N) is 6. The van der Waals surface area contributed by atoms with Gasteiger partial charge in [0.2, 0.25) is 59.1 Å². The van der Waals surface area contributed by atoms with E-state index in [1.54, 1.807) is 109 Å². The average molecular weight is 1450 g/mol. The molecule has 9 N–H and O–H groups in total. The van der Waals surface area contributed by atoms with E-state index in [0.717, 1.165) is 28.8 Å². The van der Waals surface area contributed by atoms with E-state index in [9.17, 15) is 62.6 Å². The highest BCUT2D eigenvalue weighted by Gasteiger charge is 2.44. The summed E-state index contributed by atoms with van der Waals surface area (Å²) in [5.74, 6) is -6.86. The highest BCUT2D eigenvalue weighted by atomic mass is 32.2. The van der Waals surface area contributed by atoms with Crippen molar-refractivity contribution >= 4 is 88.6 Å². The molecule has 0 unspecified atom stereocenters. The van der Waals surface area contributed by atoms with Gasteiger partial charge in [0, 0.05) is 59.3 Å². The van der Waals surface area contributed by atoms with Crippen LogP contribution in [0.1, 0.15) is 131 Å². The minimum Gasteiger partial charge on any atom is -0.445 e. The lowest BCUT2D eigenvalue weighted by molar-refractivity contribution is -0.154. The summed E-state index contributed by atoms with van der Waals surface area (Å²) in [5.41, 5.74) is 6.74. The summed E-state index contributed by atoms with van der Waals surface area (Å²) in [6.45, 7) is 25.0. The minimum absolute atomic E-state index is 0.0250. The number of benzene rings is 2. The second-order valence-corrected chi connectivity index (χ2v) is 28.2. The van der Waals surface area contributed by atoms with Crippen LogP contribution in [-0.4, -0.2) is 233 Å². The SMILES string of the molecule is C=CC(=O)N1CN(C(=O)C=C)CN(C(=O)CCSCC(=O)N[C@H](C(=O)N[C@@H](CCCNC(N)=O)C(=O)Nc2ccc(COC(=O)N(C)[C@H](C(=O)N[C@H](C(=O)N(C)[C@@H]([C@@H](C)CC)[C@@H](CC(=O)N3CCC[C@H]3[C@H](OC)[C@@H](C)C(=O)N[C@H](C)[C@@H](O)c3ccccc3)OC)C(C)C)C(C)C)cc2)C(C)C)C1. The summed E-state index contributed by atoms with van der Waals surface area (Å²) in [7, 11) is 6.05. The molecular formula is C72H111N13O16S. The Bertz CT molecular complexity index is 3150. The molecule has 0 aliphatic carbocycles. The Labute approximate surface area is 604 Å². The van der Waals surface area contributed by atoms with E-state index in [0.29, 0.717) is 42.6 Å². The normalized spacial score (nSPS) is 17.1. The van der Waals surface area contributed by atoms with Crippen molar-refractivity contribution in [2.75, 3.05) is 78.2 Å². The van der Waals surface area contributed by atoms with Gasteiger partial charge in [-0.2, -0.15) is 11.8 Å². The first-order valence-electron chi connectivity index (χ1n) is 34.8. The molecule has 13 amide bonds. The molecule has 2 fully saturated rings. The molecule has 30 heteroatoms. The number of rotatable bonds is 39. The molecule has 12 atom stereocenters. The molecule has 0 aromatic heterocycles. The van der Waals surface area contributed by atoms with E-state index in [2.05, 4.69) is 45.1 Å². The number of hydrogen-bond donors (Lipinski definition) is 8. The van der Waals surface area contributed by atoms with Gasteiger partial charge in [0.15, 0.2) is 0 Å². The van der Waals surface area contributed by atoms with Gasteiger partial charge in [-0.15, -0.1) is 0 Å². The number of hydrogen-bond acceptors (Lipinski definition) is 17. The molecule has 0 spiro atoms. The number of ether oxygens (including phenoxy) is 3. The largest absolute Gasteiger partial charge is 0.445 e. The Kier molecular flexibility index (Phi) is 35.4. The van der Waals surface area contributed by atoms with Gasteiger partial charge in [-0.3, -0.25) is 52.8 Å². The third kappa shape index (κ3) is 25.1. The van der Waals surface area contributed by atoms with E-state index in [4.69, 9.17) is 19.9 Å². The molecule has 2 aliphatic rings. The number of likely N-dealkylation sites (tertiary alicyclic amines) is 1. The molecule has 0 bridgehead atoms. The van der Waals surface area contributed by atoms with Gasteiger partial charge in [-0.05, 0) is 91.7 Å². The first kappa shape index (κ1) is 85.8. The van der Waals surface area contributed by atoms with Gasteiger partial charge < -0.3 is 81.5 Å². The molecule has 2 saturated heterocycles. The van der Waals surface area contributed by atoms with E-state index in [1.165, 1.54) is 36.0 Å². The van der Waals surface area contributed by atoms with Gasteiger partial charge >= 0.3 is 12.1 Å². The third-order valence-corrected chi connectivity index (χ3v) is 19.5. The molecular weight excluding hydrogens is 1330 g/mol. The first-order valence-corrected chi connectivity index (χ1v) is 36.0. The monoisotopic (exact) mass is 1450 g/mol. The van der Waals surface area contributed by atoms with Gasteiger partial charge in [-0.25, -0.2) is 9.59 Å². The van der Waals surface area contributed by atoms with E-state index < -0.39 is 138 Å². The van der Waals surface area contributed by atoms with Gasteiger partial charge in [0.05, 0.1) is 74.5 Å². The highest BCUT2D eigenvalue weighted by Crippen LogP contribution is 2.31. The Morgan fingerprint density at radius 2 is 1.32 bits per heavy atom. The van der Waals surface area contributed by atoms with Crippen molar-refractivity contribution in [3.8, 4) is 0 Å². The number of urea groups is 1. The number of aliphatic hydroxyl groups is 1. The van der Waals surface area contributed by atoms with Crippen LogP contribution in [-0.2, 0) is 68.8 Å². The van der Waals surface area contributed by atoms with Gasteiger partial charge in [0.25, 0.3) is 0 Å². The number of likely N-dealkylation sites (N-methyl/N-ethyl adjacent to an activating group) is 2. The number of aliphatic hydroxyl groups excluding tert-OH is 1. The van der Waals surface area contributed by atoms with Crippen LogP contribution in [0.5, 0.6) is 0 Å². The van der Waals surface area contributed by atoms with E-state index in [1.807, 2.05) is 32.0 Å². The molecule has 2 heterocycles. The Hall–Kier alpha value is -8.61. The van der Waals surface area contributed by atoms with Crippen molar-refractivity contribution in [1.29, 1.82) is 0 Å². The second-order valence-electron chi connectivity index (χ2n) is 27.1. The fourth-order valence-corrected chi connectivity index (χ4v) is 13.3. The van der Waals surface area contributed by atoms with Crippen molar-refractivity contribution in [3.63, 3.8) is 0 Å². The zero-order valence-electron chi connectivity index (χ0n) is 61.8. The molecule has 102 heavy (non-hydrogen) atoms. The van der Waals surface area contributed by atoms with Crippen LogP contribution in [0, 0.1) is 29.6 Å². The van der Waals surface area contributed by atoms with Crippen LogP contribution in [0.25, 0.3) is 0 Å². The molecule has 566 valence electrons. The second kappa shape index (κ2) is 42.1. The average Bonchev–Trinajstić information content (AvgIpc) is 1.43. The lowest BCUT2D eigenvalue weighted by Crippen LogP contribution is -2.60. The summed E-state index contributed by atoms with van der Waals surface area (Å²) in [6.07, 6.45) is 0.925. The molecule has 29 nitrogen and oxygen atoms in total. The predicted molar refractivity (Wildman–Crippen MR) is 387 cm³/mol. The number of amides is 13. The quantitative estimate of drug-likeness (QED) is 0.0338. The zero-order chi connectivity index (χ0) is 76.2. The summed E-state index contributed by atoms with van der Waals surface area (Å²) in [4.78, 5) is 170. The molecule has 2 aromatic carbocycles. The van der Waals surface area contributed by atoms with Crippen LogP contribution >= 0.6 is 11.8 Å². The lowest BCUT2D eigenvalue weighted by Gasteiger charge is -2.41. The van der Waals surface area contributed by atoms with Crippen LogP contribution in [0.3, 0.4) is 0 Å². The zero-order valence-corrected chi connectivity index (χ0v) is 62.6. The number of anilines is 1. The molecule has 0 radical (unpaired) electrons. The third-order valence-electron chi connectivity index (χ3n) is 18.6. The van der Waals surface area contributed by atoms with Crippen molar-refractivity contribution in [1.82, 2.24) is 56.0 Å². The van der Waals surface area contributed by atoms with E-state index in [-0.39, 0.29) is 94.0 Å². The fourth-order valence-electron chi connectivity index (χ4n) is 12.6. The maximum Gasteiger partial charge on any atom is 0.410 e. The van der Waals surface area contributed by atoms with Crippen molar-refractivity contribution < 1.29 is 76.9 Å². The number of thioether (sulfide) groups is 1. The van der Waals surface area contributed by atoms with Gasteiger partial charge in [-0.1, -0.05) is 124 Å². The molecule has 0 saturated carbocycles. The summed E-state index contributed by atoms with van der Waals surface area (Å²) in [5, 5.41) is 27.5. The van der Waals surface area contributed by atoms with Crippen LogP contribution in [0.4, 0.5) is 15.3 Å². The first-order chi connectivity index (χ1) is 48.2. The standard InChI is InChI=1S/C72H111N13O16S/c1-17-46(10)63(54(99-15)37-59(90)85-35-24-28-53(85)65(100-16)47(11)66(92)75-48(12)64(91)50-25-21-20-22-26-50)80(13)70(96)61(44(6)7)79-69(95)62(45(8)9)81(14)72(98)101-38-49-29-31-51(32-30-49)76-67(93)52(27-23-34-74-71(73)97)77-68(94)60(43(4)5)78-55(86)39-102-36-33-58(89)84-41-82(56(87)18-2)40-83(42-84)57(88)19-3/h18-22,25-26,29-32,43-48,52-54,60-65,91H,2-3,17,23-24,27-28,33-42H2,1,4-16H3,(H,75,92)(H,76,93)(H,77,94)(H,78,86)(H,79,95)(H3,73,74,97)/t46-,47+,48+,52-,53-,54+,60-,61-,62-,63-,64+,65+/m0/s1. The van der Waals surface area contributed by atoms with Crippen LogP contribution < -0.4 is 37.6 Å².